The van der Waals surface area contributed by atoms with Crippen LogP contribution in [0.2, 0.25) is 0 Å². The molecule has 0 atom stereocenters. The summed E-state index contributed by atoms with van der Waals surface area (Å²) in [5.41, 5.74) is 0. The van der Waals surface area contributed by atoms with Crippen LogP contribution in [0.1, 0.15) is 25.7 Å². The van der Waals surface area contributed by atoms with Gasteiger partial charge in [-0.05, 0) is 12.8 Å². The number of amides is 1. The van der Waals surface area contributed by atoms with Crippen LogP contribution >= 0.6 is 0 Å². The molecule has 0 aromatic rings. The van der Waals surface area contributed by atoms with Crippen molar-refractivity contribution >= 4 is 5.91 Å². The minimum Gasteiger partial charge on any atom is -0.364 e. The van der Waals surface area contributed by atoms with Crippen molar-refractivity contribution in [2.24, 2.45) is 0 Å². The molecule has 0 aromatic carbocycles. The Morgan fingerprint density at radius 3 is 3.00 bits per heavy atom. The zero-order chi connectivity index (χ0) is 8.10. The molecule has 1 heterocycles. The molecule has 0 bridgehead atoms. The number of hydrogen-bond acceptors (Lipinski definition) is 2. The van der Waals surface area contributed by atoms with Gasteiger partial charge in [0.25, 0.3) is 0 Å². The molecule has 1 aliphatic rings. The molecule has 0 aliphatic carbocycles. The highest BCUT2D eigenvalue weighted by Crippen LogP contribution is 2.10. The van der Waals surface area contributed by atoms with Gasteiger partial charge in [-0.1, -0.05) is 6.42 Å². The van der Waals surface area contributed by atoms with E-state index >= 15 is 0 Å². The summed E-state index contributed by atoms with van der Waals surface area (Å²) in [6.07, 6.45) is 4.03. The minimum atomic E-state index is 0.240. The lowest BCUT2D eigenvalue weighted by molar-refractivity contribution is -0.135. The Hall–Kier alpha value is -0.570. The number of rotatable bonds is 2. The number of carbonyl (C=O) groups excluding carboxylic acids is 1. The Labute approximate surface area is 67.3 Å². The Bertz CT molecular complexity index is 136. The molecule has 3 heteroatoms. The summed E-state index contributed by atoms with van der Waals surface area (Å²) in [7, 11) is 1.62. The van der Waals surface area contributed by atoms with Gasteiger partial charge in [-0.15, -0.1) is 0 Å². The van der Waals surface area contributed by atoms with Gasteiger partial charge in [-0.25, -0.2) is 0 Å². The van der Waals surface area contributed by atoms with E-state index in [-0.39, 0.29) is 5.91 Å². The average molecular weight is 157 g/mol. The second-order valence-corrected chi connectivity index (χ2v) is 2.89. The van der Waals surface area contributed by atoms with Gasteiger partial charge in [0, 0.05) is 20.1 Å². The van der Waals surface area contributed by atoms with Crippen molar-refractivity contribution in [3.05, 3.63) is 0 Å². The van der Waals surface area contributed by atoms with Crippen molar-refractivity contribution in [3.8, 4) is 0 Å². The van der Waals surface area contributed by atoms with E-state index in [4.69, 9.17) is 4.74 Å². The van der Waals surface area contributed by atoms with Crippen LogP contribution in [0.5, 0.6) is 0 Å². The Morgan fingerprint density at radius 1 is 1.45 bits per heavy atom. The third-order valence-electron chi connectivity index (χ3n) is 1.96. The lowest BCUT2D eigenvalue weighted by atomic mass is 10.2. The van der Waals surface area contributed by atoms with Crippen molar-refractivity contribution in [2.45, 2.75) is 25.7 Å². The molecule has 1 saturated heterocycles. The van der Waals surface area contributed by atoms with Crippen LogP contribution in [0, 0.1) is 0 Å². The molecule has 0 saturated carbocycles. The van der Waals surface area contributed by atoms with E-state index in [9.17, 15) is 4.79 Å². The van der Waals surface area contributed by atoms with E-state index in [2.05, 4.69) is 0 Å². The summed E-state index contributed by atoms with van der Waals surface area (Å²) in [5, 5.41) is 0. The van der Waals surface area contributed by atoms with Gasteiger partial charge in [-0.2, -0.15) is 0 Å². The quantitative estimate of drug-likeness (QED) is 0.598. The molecule has 0 radical (unpaired) electrons. The monoisotopic (exact) mass is 157 g/mol. The van der Waals surface area contributed by atoms with Crippen molar-refractivity contribution in [2.75, 3.05) is 20.4 Å². The van der Waals surface area contributed by atoms with Gasteiger partial charge in [0.15, 0.2) is 0 Å². The fourth-order valence-electron chi connectivity index (χ4n) is 1.33. The molecule has 0 unspecified atom stereocenters. The molecule has 64 valence electrons. The van der Waals surface area contributed by atoms with E-state index in [0.29, 0.717) is 13.2 Å². The van der Waals surface area contributed by atoms with Crippen LogP contribution in [-0.2, 0) is 9.53 Å². The number of likely N-dealkylation sites (tertiary alicyclic amines) is 1. The zero-order valence-corrected chi connectivity index (χ0v) is 7.01. The smallest absolute Gasteiger partial charge is 0.224 e. The fraction of sp³-hybridized carbons (Fsp3) is 0.875. The van der Waals surface area contributed by atoms with E-state index in [1.54, 1.807) is 12.0 Å². The summed E-state index contributed by atoms with van der Waals surface area (Å²) in [6, 6.07) is 0. The Morgan fingerprint density at radius 2 is 2.27 bits per heavy atom. The number of hydrogen-bond donors (Lipinski definition) is 0. The van der Waals surface area contributed by atoms with Crippen molar-refractivity contribution in [3.63, 3.8) is 0 Å². The van der Waals surface area contributed by atoms with Crippen LogP contribution in [-0.4, -0.2) is 31.2 Å². The van der Waals surface area contributed by atoms with Crippen LogP contribution in [0.4, 0.5) is 0 Å². The fourth-order valence-corrected chi connectivity index (χ4v) is 1.33. The molecule has 1 aliphatic heterocycles. The van der Waals surface area contributed by atoms with Crippen LogP contribution < -0.4 is 0 Å². The first-order valence-corrected chi connectivity index (χ1v) is 4.11. The molecular weight excluding hydrogens is 142 g/mol. The molecule has 0 N–H and O–H groups in total. The standard InChI is InChI=1S/C8H15NO2/c1-11-7-9-6-4-2-3-5-8(9)10/h2-7H2,1H3. The zero-order valence-electron chi connectivity index (χ0n) is 7.01. The maximum Gasteiger partial charge on any atom is 0.224 e. The highest BCUT2D eigenvalue weighted by molar-refractivity contribution is 5.76. The van der Waals surface area contributed by atoms with E-state index in [1.165, 1.54) is 6.42 Å². The Kier molecular flexibility index (Phi) is 3.36. The third kappa shape index (κ3) is 2.50. The third-order valence-corrected chi connectivity index (χ3v) is 1.96. The van der Waals surface area contributed by atoms with Crippen molar-refractivity contribution < 1.29 is 9.53 Å². The first-order chi connectivity index (χ1) is 5.34. The lowest BCUT2D eigenvalue weighted by Gasteiger charge is -2.18. The van der Waals surface area contributed by atoms with Gasteiger partial charge in [0.05, 0.1) is 0 Å². The van der Waals surface area contributed by atoms with Gasteiger partial charge in [0.2, 0.25) is 5.91 Å². The predicted octanol–water partition coefficient (Wildman–Crippen LogP) is 0.993. The second kappa shape index (κ2) is 4.34. The lowest BCUT2D eigenvalue weighted by Crippen LogP contribution is -2.31. The molecule has 0 spiro atoms. The first kappa shape index (κ1) is 8.53. The number of ether oxygens (including phenoxy) is 1. The summed E-state index contributed by atoms with van der Waals surface area (Å²) >= 11 is 0. The summed E-state index contributed by atoms with van der Waals surface area (Å²) in [4.78, 5) is 13.0. The van der Waals surface area contributed by atoms with Crippen LogP contribution in [0.3, 0.4) is 0 Å². The van der Waals surface area contributed by atoms with Crippen molar-refractivity contribution in [1.29, 1.82) is 0 Å². The number of nitrogens with zero attached hydrogens (tertiary/aromatic N) is 1. The summed E-state index contributed by atoms with van der Waals surface area (Å²) in [6.45, 7) is 1.32. The van der Waals surface area contributed by atoms with Crippen molar-refractivity contribution in [1.82, 2.24) is 4.90 Å². The van der Waals surface area contributed by atoms with E-state index in [1.807, 2.05) is 0 Å². The molecule has 3 nitrogen and oxygen atoms in total. The summed E-state index contributed by atoms with van der Waals surface area (Å²) in [5.74, 6) is 0.240. The molecule has 1 amide bonds. The summed E-state index contributed by atoms with van der Waals surface area (Å²) < 4.78 is 4.91. The van der Waals surface area contributed by atoms with Gasteiger partial charge in [0.1, 0.15) is 6.73 Å². The largest absolute Gasteiger partial charge is 0.364 e. The minimum absolute atomic E-state index is 0.240. The maximum absolute atomic E-state index is 11.3. The topological polar surface area (TPSA) is 29.5 Å². The average Bonchev–Trinajstić information content (AvgIpc) is 2.18. The van der Waals surface area contributed by atoms with Gasteiger partial charge < -0.3 is 9.64 Å². The number of carbonyl (C=O) groups is 1. The highest BCUT2D eigenvalue weighted by atomic mass is 16.5. The highest BCUT2D eigenvalue weighted by Gasteiger charge is 2.15. The van der Waals surface area contributed by atoms with E-state index in [0.717, 1.165) is 19.4 Å². The number of methoxy groups -OCH3 is 1. The van der Waals surface area contributed by atoms with Gasteiger partial charge >= 0.3 is 0 Å². The van der Waals surface area contributed by atoms with E-state index < -0.39 is 0 Å². The Balaban J connectivity index is 2.39. The molecule has 11 heavy (non-hydrogen) atoms. The first-order valence-electron chi connectivity index (χ1n) is 4.11. The SMILES string of the molecule is COCN1CCCCCC1=O. The van der Waals surface area contributed by atoms with Crippen LogP contribution in [0.25, 0.3) is 0 Å². The molecule has 1 fully saturated rings. The predicted molar refractivity (Wildman–Crippen MR) is 42.1 cm³/mol. The second-order valence-electron chi connectivity index (χ2n) is 2.89. The van der Waals surface area contributed by atoms with Crippen LogP contribution in [0.15, 0.2) is 0 Å². The normalized spacial score (nSPS) is 20.1. The molecule has 1 rings (SSSR count). The maximum atomic E-state index is 11.3. The molecule has 0 aromatic heterocycles. The molecular formula is C8H15NO2. The van der Waals surface area contributed by atoms with Gasteiger partial charge in [-0.3, -0.25) is 4.79 Å².